The Morgan fingerprint density at radius 1 is 1.11 bits per heavy atom. The first-order chi connectivity index (χ1) is 13.0. The Balaban J connectivity index is 2.18. The molecule has 0 fully saturated rings. The molecule has 3 aromatic rings. The molecule has 0 saturated carbocycles. The Hall–Kier alpha value is -2.85. The van der Waals surface area contributed by atoms with E-state index in [1.54, 1.807) is 6.92 Å². The zero-order valence-corrected chi connectivity index (χ0v) is 14.4. The van der Waals surface area contributed by atoms with E-state index < -0.39 is 40.6 Å². The van der Waals surface area contributed by atoms with Crippen LogP contribution in [-0.4, -0.2) is 26.9 Å². The van der Waals surface area contributed by atoms with Crippen molar-refractivity contribution in [2.24, 2.45) is 0 Å². The zero-order chi connectivity index (χ0) is 20.7. The Morgan fingerprint density at radius 2 is 1.82 bits per heavy atom. The van der Waals surface area contributed by atoms with Gasteiger partial charge in [-0.25, -0.2) is 9.97 Å². The number of nitrogens with zero attached hydrogens (tertiary/aromatic N) is 3. The van der Waals surface area contributed by atoms with Crippen LogP contribution in [0.1, 0.15) is 30.3 Å². The third kappa shape index (κ3) is 3.87. The van der Waals surface area contributed by atoms with E-state index in [1.807, 2.05) is 0 Å². The lowest BCUT2D eigenvalue weighted by molar-refractivity contribution is -0.145. The van der Waals surface area contributed by atoms with Crippen LogP contribution in [0.3, 0.4) is 0 Å². The van der Waals surface area contributed by atoms with Gasteiger partial charge in [0, 0.05) is 11.6 Å². The molecule has 3 rings (SSSR count). The van der Waals surface area contributed by atoms with Crippen LogP contribution in [0.15, 0.2) is 24.4 Å². The second kappa shape index (κ2) is 6.95. The zero-order valence-electron chi connectivity index (χ0n) is 14.4. The number of fused-ring (bicyclic) bond motifs is 3. The summed E-state index contributed by atoms with van der Waals surface area (Å²) in [5.74, 6) is -0.602. The van der Waals surface area contributed by atoms with Crippen molar-refractivity contribution in [1.29, 1.82) is 0 Å². The van der Waals surface area contributed by atoms with E-state index >= 15 is 0 Å². The SMILES string of the molecule is CCCOC(=O)Cc1cn2c(ccc3c(C(F)(F)F)cc(C(F)(F)F)nc32)n1. The number of aromatic nitrogens is 3. The Kier molecular flexibility index (Phi) is 4.94. The Bertz CT molecular complexity index is 1040. The summed E-state index contributed by atoms with van der Waals surface area (Å²) in [6.07, 6.45) is -8.57. The number of carbonyl (C=O) groups excluding carboxylic acids is 1. The smallest absolute Gasteiger partial charge is 0.433 e. The van der Waals surface area contributed by atoms with Gasteiger partial charge in [0.2, 0.25) is 0 Å². The highest BCUT2D eigenvalue weighted by Gasteiger charge is 2.39. The number of esters is 1. The maximum absolute atomic E-state index is 13.3. The molecule has 5 nitrogen and oxygen atoms in total. The monoisotopic (exact) mass is 405 g/mol. The summed E-state index contributed by atoms with van der Waals surface area (Å²) >= 11 is 0. The summed E-state index contributed by atoms with van der Waals surface area (Å²) in [5.41, 5.74) is -3.48. The van der Waals surface area contributed by atoms with Crippen LogP contribution < -0.4 is 0 Å². The summed E-state index contributed by atoms with van der Waals surface area (Å²) in [5, 5.41) is -0.509. The fourth-order valence-electron chi connectivity index (χ4n) is 2.66. The van der Waals surface area contributed by atoms with Crippen LogP contribution in [0.4, 0.5) is 26.3 Å². The molecule has 0 unspecified atom stereocenters. The Labute approximate surface area is 153 Å². The van der Waals surface area contributed by atoms with Gasteiger partial charge in [0.15, 0.2) is 0 Å². The van der Waals surface area contributed by atoms with E-state index in [9.17, 15) is 31.1 Å². The molecule has 0 amide bonds. The maximum Gasteiger partial charge on any atom is 0.433 e. The van der Waals surface area contributed by atoms with Crippen molar-refractivity contribution < 1.29 is 35.9 Å². The lowest BCUT2D eigenvalue weighted by atomic mass is 10.1. The van der Waals surface area contributed by atoms with Gasteiger partial charge in [-0.15, -0.1) is 0 Å². The predicted octanol–water partition coefficient (Wildman–Crippen LogP) is 4.42. The van der Waals surface area contributed by atoms with Crippen molar-refractivity contribution in [2.45, 2.75) is 32.1 Å². The fourth-order valence-corrected chi connectivity index (χ4v) is 2.66. The van der Waals surface area contributed by atoms with Gasteiger partial charge in [0.1, 0.15) is 17.0 Å². The number of alkyl halides is 6. The lowest BCUT2D eigenvalue weighted by Gasteiger charge is -2.14. The second-order valence-corrected chi connectivity index (χ2v) is 5.98. The van der Waals surface area contributed by atoms with Crippen LogP contribution in [0, 0.1) is 0 Å². The normalized spacial score (nSPS) is 12.7. The molecule has 0 atom stereocenters. The molecule has 0 aromatic carbocycles. The van der Waals surface area contributed by atoms with Crippen molar-refractivity contribution in [3.63, 3.8) is 0 Å². The average molecular weight is 405 g/mol. The highest BCUT2D eigenvalue weighted by atomic mass is 19.4. The number of ether oxygens (including phenoxy) is 1. The summed E-state index contributed by atoms with van der Waals surface area (Å²) in [7, 11) is 0. The lowest BCUT2D eigenvalue weighted by Crippen LogP contribution is -2.14. The first-order valence-corrected chi connectivity index (χ1v) is 8.12. The van der Waals surface area contributed by atoms with E-state index in [2.05, 4.69) is 9.97 Å². The van der Waals surface area contributed by atoms with Gasteiger partial charge in [-0.3, -0.25) is 9.20 Å². The van der Waals surface area contributed by atoms with Gasteiger partial charge in [-0.2, -0.15) is 26.3 Å². The van der Waals surface area contributed by atoms with Crippen LogP contribution in [-0.2, 0) is 28.3 Å². The van der Waals surface area contributed by atoms with Gasteiger partial charge in [-0.05, 0) is 24.6 Å². The topological polar surface area (TPSA) is 56.5 Å². The molecule has 28 heavy (non-hydrogen) atoms. The first-order valence-electron chi connectivity index (χ1n) is 8.12. The minimum Gasteiger partial charge on any atom is -0.465 e. The third-order valence-electron chi connectivity index (χ3n) is 3.84. The van der Waals surface area contributed by atoms with Gasteiger partial charge in [-0.1, -0.05) is 6.92 Å². The van der Waals surface area contributed by atoms with Crippen LogP contribution in [0.5, 0.6) is 0 Å². The molecule has 0 aliphatic rings. The van der Waals surface area contributed by atoms with Gasteiger partial charge >= 0.3 is 18.3 Å². The molecule has 3 heterocycles. The number of rotatable bonds is 4. The second-order valence-electron chi connectivity index (χ2n) is 5.98. The highest BCUT2D eigenvalue weighted by molar-refractivity contribution is 5.83. The molecule has 0 bridgehead atoms. The summed E-state index contributed by atoms with van der Waals surface area (Å²) in [6.45, 7) is 1.99. The molecule has 3 aromatic heterocycles. The van der Waals surface area contributed by atoms with Gasteiger partial charge in [0.25, 0.3) is 0 Å². The summed E-state index contributed by atoms with van der Waals surface area (Å²) in [6, 6.07) is 2.20. The van der Waals surface area contributed by atoms with Crippen LogP contribution in [0.25, 0.3) is 16.7 Å². The molecule has 150 valence electrons. The third-order valence-corrected chi connectivity index (χ3v) is 3.84. The summed E-state index contributed by atoms with van der Waals surface area (Å²) < 4.78 is 85.0. The molecule has 11 heteroatoms. The molecular weight excluding hydrogens is 392 g/mol. The van der Waals surface area contributed by atoms with Crippen molar-refractivity contribution in [3.8, 4) is 0 Å². The molecule has 0 aliphatic heterocycles. The predicted molar refractivity (Wildman–Crippen MR) is 85.5 cm³/mol. The van der Waals surface area contributed by atoms with Gasteiger partial charge in [0.05, 0.1) is 24.3 Å². The first kappa shape index (κ1) is 19.9. The van der Waals surface area contributed by atoms with E-state index in [1.165, 1.54) is 12.3 Å². The molecule has 0 saturated heterocycles. The number of imidazole rings is 1. The minimum absolute atomic E-state index is 0.0197. The average Bonchev–Trinajstić information content (AvgIpc) is 3.00. The quantitative estimate of drug-likeness (QED) is 0.477. The largest absolute Gasteiger partial charge is 0.465 e. The number of halogens is 6. The van der Waals surface area contributed by atoms with Crippen LogP contribution >= 0.6 is 0 Å². The number of hydrogen-bond donors (Lipinski definition) is 0. The standard InChI is InChI=1S/C17H13F6N3O2/c1-2-5-28-14(27)6-9-8-26-13(24-9)4-3-10-11(16(18,19)20)7-12(17(21,22)23)25-15(10)26/h3-4,7-8H,2,5-6H2,1H3. The minimum atomic E-state index is -5.07. The number of pyridine rings is 2. The molecular formula is C17H13F6N3O2. The fraction of sp³-hybridized carbons (Fsp3) is 0.353. The molecule has 0 N–H and O–H groups in total. The van der Waals surface area contributed by atoms with Crippen molar-refractivity contribution in [2.75, 3.05) is 6.61 Å². The van der Waals surface area contributed by atoms with Crippen molar-refractivity contribution in [1.82, 2.24) is 14.4 Å². The number of carbonyl (C=O) groups is 1. The molecule has 0 spiro atoms. The Morgan fingerprint density at radius 3 is 2.43 bits per heavy atom. The van der Waals surface area contributed by atoms with Crippen LogP contribution in [0.2, 0.25) is 0 Å². The van der Waals surface area contributed by atoms with E-state index in [0.29, 0.717) is 6.42 Å². The van der Waals surface area contributed by atoms with Crippen molar-refractivity contribution in [3.05, 3.63) is 41.3 Å². The maximum atomic E-state index is 13.3. The summed E-state index contributed by atoms with van der Waals surface area (Å²) in [4.78, 5) is 19.1. The van der Waals surface area contributed by atoms with Gasteiger partial charge < -0.3 is 4.74 Å². The molecule has 0 radical (unpaired) electrons. The highest BCUT2D eigenvalue weighted by Crippen LogP contribution is 2.38. The van der Waals surface area contributed by atoms with E-state index in [4.69, 9.17) is 4.74 Å². The molecule has 0 aliphatic carbocycles. The van der Waals surface area contributed by atoms with Crippen molar-refractivity contribution >= 4 is 22.6 Å². The number of hydrogen-bond acceptors (Lipinski definition) is 4. The van der Waals surface area contributed by atoms with E-state index in [0.717, 1.165) is 10.5 Å². The van der Waals surface area contributed by atoms with E-state index in [-0.39, 0.29) is 30.4 Å².